The summed E-state index contributed by atoms with van der Waals surface area (Å²) in [6.45, 7) is 6.19. The SMILES string of the molecule is CCc1cccc(CC)c1NC(=O)c1sccc1C. The van der Waals surface area contributed by atoms with Crippen LogP contribution in [0.1, 0.15) is 40.2 Å². The maximum absolute atomic E-state index is 12.3. The quantitative estimate of drug-likeness (QED) is 0.877. The highest BCUT2D eigenvalue weighted by Gasteiger charge is 2.14. The lowest BCUT2D eigenvalue weighted by molar-refractivity contribution is 0.103. The van der Waals surface area contributed by atoms with Crippen molar-refractivity contribution in [2.24, 2.45) is 0 Å². The minimum absolute atomic E-state index is 0.00287. The molecule has 0 atom stereocenters. The molecule has 1 aromatic carbocycles. The summed E-state index contributed by atoms with van der Waals surface area (Å²) in [4.78, 5) is 13.1. The molecule has 2 nitrogen and oxygen atoms in total. The van der Waals surface area contributed by atoms with Gasteiger partial charge >= 0.3 is 0 Å². The average molecular weight is 273 g/mol. The first-order chi connectivity index (χ1) is 9.17. The number of anilines is 1. The smallest absolute Gasteiger partial charge is 0.266 e. The van der Waals surface area contributed by atoms with Crippen molar-refractivity contribution >= 4 is 22.9 Å². The van der Waals surface area contributed by atoms with Gasteiger partial charge in [0.25, 0.3) is 5.91 Å². The van der Waals surface area contributed by atoms with Crippen molar-refractivity contribution in [1.82, 2.24) is 0 Å². The molecule has 2 aromatic rings. The summed E-state index contributed by atoms with van der Waals surface area (Å²) in [5, 5.41) is 5.05. The van der Waals surface area contributed by atoms with Gasteiger partial charge in [0.2, 0.25) is 0 Å². The number of para-hydroxylation sites is 1. The second-order valence-corrected chi connectivity index (χ2v) is 5.46. The van der Waals surface area contributed by atoms with Crippen LogP contribution in [-0.2, 0) is 12.8 Å². The number of hydrogen-bond donors (Lipinski definition) is 1. The summed E-state index contributed by atoms with van der Waals surface area (Å²) >= 11 is 1.49. The minimum atomic E-state index is 0.00287. The molecular formula is C16H19NOS. The summed E-state index contributed by atoms with van der Waals surface area (Å²) in [5.41, 5.74) is 4.42. The van der Waals surface area contributed by atoms with Gasteiger partial charge in [0, 0.05) is 5.69 Å². The first-order valence-corrected chi connectivity index (χ1v) is 7.51. The first kappa shape index (κ1) is 13.8. The van der Waals surface area contributed by atoms with Gasteiger partial charge in [0.15, 0.2) is 0 Å². The highest BCUT2D eigenvalue weighted by molar-refractivity contribution is 7.12. The van der Waals surface area contributed by atoms with E-state index in [2.05, 4.69) is 37.4 Å². The molecule has 0 aliphatic rings. The summed E-state index contributed by atoms with van der Waals surface area (Å²) in [7, 11) is 0. The summed E-state index contributed by atoms with van der Waals surface area (Å²) in [6.07, 6.45) is 1.85. The number of thiophene rings is 1. The molecule has 19 heavy (non-hydrogen) atoms. The molecule has 0 bridgehead atoms. The molecule has 0 spiro atoms. The van der Waals surface area contributed by atoms with Crippen LogP contribution in [0.3, 0.4) is 0 Å². The Morgan fingerprint density at radius 1 is 1.16 bits per heavy atom. The zero-order chi connectivity index (χ0) is 13.8. The molecule has 3 heteroatoms. The predicted octanol–water partition coefficient (Wildman–Crippen LogP) is 4.43. The molecule has 100 valence electrons. The van der Waals surface area contributed by atoms with E-state index in [0.29, 0.717) is 0 Å². The second-order valence-electron chi connectivity index (χ2n) is 4.55. The average Bonchev–Trinajstić information content (AvgIpc) is 2.85. The Balaban J connectivity index is 2.33. The molecule has 0 unspecified atom stereocenters. The van der Waals surface area contributed by atoms with Gasteiger partial charge in [-0.15, -0.1) is 11.3 Å². The highest BCUT2D eigenvalue weighted by atomic mass is 32.1. The lowest BCUT2D eigenvalue weighted by Gasteiger charge is -2.14. The molecule has 0 aliphatic carbocycles. The third kappa shape index (κ3) is 2.87. The zero-order valence-electron chi connectivity index (χ0n) is 11.6. The van der Waals surface area contributed by atoms with Crippen LogP contribution >= 0.6 is 11.3 Å². The van der Waals surface area contributed by atoms with Crippen LogP contribution in [0.15, 0.2) is 29.6 Å². The van der Waals surface area contributed by atoms with E-state index < -0.39 is 0 Å². The summed E-state index contributed by atoms with van der Waals surface area (Å²) in [5.74, 6) is 0.00287. The molecule has 0 fully saturated rings. The third-order valence-corrected chi connectivity index (χ3v) is 4.32. The lowest BCUT2D eigenvalue weighted by atomic mass is 10.0. The Hall–Kier alpha value is -1.61. The lowest BCUT2D eigenvalue weighted by Crippen LogP contribution is -2.14. The van der Waals surface area contributed by atoms with E-state index in [9.17, 15) is 4.79 Å². The normalized spacial score (nSPS) is 10.5. The van der Waals surface area contributed by atoms with Crippen LogP contribution in [0.25, 0.3) is 0 Å². The van der Waals surface area contributed by atoms with Gasteiger partial charge < -0.3 is 5.32 Å². The fraction of sp³-hybridized carbons (Fsp3) is 0.312. The fourth-order valence-electron chi connectivity index (χ4n) is 2.18. The number of amides is 1. The van der Waals surface area contributed by atoms with Crippen LogP contribution in [0.4, 0.5) is 5.69 Å². The van der Waals surface area contributed by atoms with E-state index in [1.54, 1.807) is 0 Å². The van der Waals surface area contributed by atoms with Crippen molar-refractivity contribution in [2.45, 2.75) is 33.6 Å². The van der Waals surface area contributed by atoms with Gasteiger partial charge in [-0.25, -0.2) is 0 Å². The van der Waals surface area contributed by atoms with Gasteiger partial charge in [-0.3, -0.25) is 4.79 Å². The first-order valence-electron chi connectivity index (χ1n) is 6.63. The Morgan fingerprint density at radius 3 is 2.26 bits per heavy atom. The number of nitrogens with one attached hydrogen (secondary N) is 1. The van der Waals surface area contributed by atoms with Crippen molar-refractivity contribution in [1.29, 1.82) is 0 Å². The molecule has 1 heterocycles. The van der Waals surface area contributed by atoms with Crippen LogP contribution in [-0.4, -0.2) is 5.91 Å². The number of carbonyl (C=O) groups excluding carboxylic acids is 1. The van der Waals surface area contributed by atoms with Gasteiger partial charge in [0.05, 0.1) is 4.88 Å². The Bertz CT molecular complexity index is 564. The fourth-order valence-corrected chi connectivity index (χ4v) is 3.00. The third-order valence-electron chi connectivity index (χ3n) is 3.31. The van der Waals surface area contributed by atoms with Gasteiger partial charge in [0.1, 0.15) is 0 Å². The van der Waals surface area contributed by atoms with E-state index in [0.717, 1.165) is 29.0 Å². The van der Waals surface area contributed by atoms with Gasteiger partial charge in [-0.05, 0) is 47.9 Å². The molecule has 0 saturated carbocycles. The minimum Gasteiger partial charge on any atom is -0.321 e. The number of carbonyl (C=O) groups is 1. The monoisotopic (exact) mass is 273 g/mol. The van der Waals surface area contributed by atoms with Gasteiger partial charge in [-0.2, -0.15) is 0 Å². The van der Waals surface area contributed by atoms with Crippen molar-refractivity contribution < 1.29 is 4.79 Å². The summed E-state index contributed by atoms with van der Waals surface area (Å²) in [6, 6.07) is 8.20. The van der Waals surface area contributed by atoms with Crippen molar-refractivity contribution in [2.75, 3.05) is 5.32 Å². The topological polar surface area (TPSA) is 29.1 Å². The Morgan fingerprint density at radius 2 is 1.79 bits per heavy atom. The van der Waals surface area contributed by atoms with Crippen LogP contribution in [0.2, 0.25) is 0 Å². The molecule has 0 radical (unpaired) electrons. The van der Waals surface area contributed by atoms with Crippen molar-refractivity contribution in [3.63, 3.8) is 0 Å². The largest absolute Gasteiger partial charge is 0.321 e. The predicted molar refractivity (Wildman–Crippen MR) is 82.2 cm³/mol. The zero-order valence-corrected chi connectivity index (χ0v) is 12.4. The van der Waals surface area contributed by atoms with E-state index >= 15 is 0 Å². The maximum Gasteiger partial charge on any atom is 0.266 e. The maximum atomic E-state index is 12.3. The Kier molecular flexibility index (Phi) is 4.38. The number of rotatable bonds is 4. The van der Waals surface area contributed by atoms with Crippen LogP contribution < -0.4 is 5.32 Å². The van der Waals surface area contributed by atoms with Crippen molar-refractivity contribution in [3.8, 4) is 0 Å². The molecular weight excluding hydrogens is 254 g/mol. The van der Waals surface area contributed by atoms with E-state index in [-0.39, 0.29) is 5.91 Å². The number of hydrogen-bond acceptors (Lipinski definition) is 2. The standard InChI is InChI=1S/C16H19NOS/c1-4-12-7-6-8-13(5-2)14(12)17-16(18)15-11(3)9-10-19-15/h6-10H,4-5H2,1-3H3,(H,17,18). The molecule has 0 saturated heterocycles. The second kappa shape index (κ2) is 6.02. The molecule has 1 N–H and O–H groups in total. The Labute approximate surface area is 118 Å². The summed E-state index contributed by atoms with van der Waals surface area (Å²) < 4.78 is 0. The molecule has 1 aromatic heterocycles. The van der Waals surface area contributed by atoms with Crippen molar-refractivity contribution in [3.05, 3.63) is 51.2 Å². The number of benzene rings is 1. The van der Waals surface area contributed by atoms with Crippen LogP contribution in [0.5, 0.6) is 0 Å². The number of aryl methyl sites for hydroxylation is 3. The van der Waals surface area contributed by atoms with E-state index in [1.165, 1.54) is 22.5 Å². The van der Waals surface area contributed by atoms with E-state index in [1.807, 2.05) is 18.4 Å². The molecule has 2 rings (SSSR count). The van der Waals surface area contributed by atoms with Crippen LogP contribution in [0, 0.1) is 6.92 Å². The molecule has 1 amide bonds. The van der Waals surface area contributed by atoms with E-state index in [4.69, 9.17) is 0 Å². The highest BCUT2D eigenvalue weighted by Crippen LogP contribution is 2.25. The molecule has 0 aliphatic heterocycles. The van der Waals surface area contributed by atoms with Gasteiger partial charge in [-0.1, -0.05) is 32.0 Å².